The van der Waals surface area contributed by atoms with E-state index in [0.717, 1.165) is 11.1 Å². The van der Waals surface area contributed by atoms with Gasteiger partial charge in [0.15, 0.2) is 5.78 Å². The van der Waals surface area contributed by atoms with Crippen LogP contribution in [-0.4, -0.2) is 22.3 Å². The third-order valence-corrected chi connectivity index (χ3v) is 3.13. The molecule has 0 aliphatic rings. The molecule has 0 atom stereocenters. The topological polar surface area (TPSA) is 56.3 Å². The van der Waals surface area contributed by atoms with Gasteiger partial charge in [0, 0.05) is 24.0 Å². The van der Waals surface area contributed by atoms with Gasteiger partial charge < -0.3 is 4.74 Å². The van der Waals surface area contributed by atoms with E-state index in [4.69, 9.17) is 4.74 Å². The smallest absolute Gasteiger partial charge is 0.331 e. The number of hydrogen-bond acceptors (Lipinski definition) is 4. The fourth-order valence-electron chi connectivity index (χ4n) is 1.99. The van der Waals surface area contributed by atoms with Gasteiger partial charge in [0.1, 0.15) is 5.60 Å². The number of carbonyl (C=O) groups is 2. The van der Waals surface area contributed by atoms with Gasteiger partial charge in [0.05, 0.1) is 0 Å². The SMILES string of the molecule is CC(C)(C)OC(=O)C=Cc1ccc(C=CC(=O)c2cccnc2)cc1. The monoisotopic (exact) mass is 335 g/mol. The van der Waals surface area contributed by atoms with Crippen LogP contribution in [0, 0.1) is 0 Å². The molecule has 0 radical (unpaired) electrons. The highest BCUT2D eigenvalue weighted by atomic mass is 16.6. The number of aromatic nitrogens is 1. The quantitative estimate of drug-likeness (QED) is 0.463. The van der Waals surface area contributed by atoms with Crippen LogP contribution in [0.5, 0.6) is 0 Å². The molecule has 0 fully saturated rings. The Bertz CT molecular complexity index is 782. The molecule has 1 aromatic heterocycles. The molecule has 1 aromatic carbocycles. The number of allylic oxidation sites excluding steroid dienone is 1. The van der Waals surface area contributed by atoms with Crippen LogP contribution in [-0.2, 0) is 9.53 Å². The van der Waals surface area contributed by atoms with E-state index < -0.39 is 5.60 Å². The zero-order valence-corrected chi connectivity index (χ0v) is 14.6. The van der Waals surface area contributed by atoms with Crippen LogP contribution in [0.4, 0.5) is 0 Å². The molecule has 25 heavy (non-hydrogen) atoms. The number of esters is 1. The van der Waals surface area contributed by atoms with Crippen LogP contribution in [0.1, 0.15) is 42.3 Å². The minimum atomic E-state index is -0.503. The van der Waals surface area contributed by atoms with Crippen molar-refractivity contribution in [2.75, 3.05) is 0 Å². The molecule has 2 rings (SSSR count). The first-order valence-corrected chi connectivity index (χ1v) is 7.97. The summed E-state index contributed by atoms with van der Waals surface area (Å²) in [5.74, 6) is -0.472. The van der Waals surface area contributed by atoms with Crippen molar-refractivity contribution in [1.82, 2.24) is 4.98 Å². The van der Waals surface area contributed by atoms with E-state index in [1.165, 1.54) is 18.3 Å². The summed E-state index contributed by atoms with van der Waals surface area (Å²) in [5.41, 5.74) is 1.82. The first kappa shape index (κ1) is 18.3. The molecule has 0 bridgehead atoms. The molecular formula is C21H21NO3. The fraction of sp³-hybridized carbons (Fsp3) is 0.190. The molecule has 0 unspecified atom stereocenters. The molecule has 0 aliphatic heterocycles. The van der Waals surface area contributed by atoms with E-state index in [2.05, 4.69) is 4.98 Å². The van der Waals surface area contributed by atoms with E-state index >= 15 is 0 Å². The Balaban J connectivity index is 1.97. The summed E-state index contributed by atoms with van der Waals surface area (Å²) < 4.78 is 5.21. The standard InChI is InChI=1S/C21H21NO3/c1-21(2,3)25-20(24)13-11-17-8-6-16(7-9-17)10-12-19(23)18-5-4-14-22-15-18/h4-15H,1-3H3. The molecule has 0 saturated heterocycles. The Morgan fingerprint density at radius 2 is 1.56 bits per heavy atom. The maximum atomic E-state index is 12.0. The molecular weight excluding hydrogens is 314 g/mol. The van der Waals surface area contributed by atoms with Crippen LogP contribution in [0.25, 0.3) is 12.2 Å². The molecule has 0 N–H and O–H groups in total. The summed E-state index contributed by atoms with van der Waals surface area (Å²) in [6, 6.07) is 10.9. The number of rotatable bonds is 5. The van der Waals surface area contributed by atoms with Crippen LogP contribution in [0.15, 0.2) is 60.9 Å². The first-order valence-electron chi connectivity index (χ1n) is 7.97. The first-order chi connectivity index (χ1) is 11.8. The van der Waals surface area contributed by atoms with Crippen molar-refractivity contribution in [3.8, 4) is 0 Å². The zero-order valence-electron chi connectivity index (χ0n) is 14.6. The van der Waals surface area contributed by atoms with Crippen molar-refractivity contribution < 1.29 is 14.3 Å². The average Bonchev–Trinajstić information content (AvgIpc) is 2.58. The molecule has 128 valence electrons. The number of nitrogens with zero attached hydrogens (tertiary/aromatic N) is 1. The van der Waals surface area contributed by atoms with Crippen molar-refractivity contribution in [1.29, 1.82) is 0 Å². The van der Waals surface area contributed by atoms with Crippen molar-refractivity contribution in [3.05, 3.63) is 77.6 Å². The molecule has 0 spiro atoms. The lowest BCUT2D eigenvalue weighted by Gasteiger charge is -2.17. The molecule has 4 heteroatoms. The van der Waals surface area contributed by atoms with Gasteiger partial charge >= 0.3 is 5.97 Å². The van der Waals surface area contributed by atoms with Gasteiger partial charge in [-0.05, 0) is 56.2 Å². The summed E-state index contributed by atoms with van der Waals surface area (Å²) >= 11 is 0. The number of carbonyl (C=O) groups excluding carboxylic acids is 2. The number of ether oxygens (including phenoxy) is 1. The summed E-state index contributed by atoms with van der Waals surface area (Å²) in [6.45, 7) is 5.48. The lowest BCUT2D eigenvalue weighted by Crippen LogP contribution is -2.22. The van der Waals surface area contributed by atoms with Crippen molar-refractivity contribution in [2.45, 2.75) is 26.4 Å². The van der Waals surface area contributed by atoms with Crippen molar-refractivity contribution in [2.24, 2.45) is 0 Å². The second kappa shape index (κ2) is 8.20. The Kier molecular flexibility index (Phi) is 6.01. The van der Waals surface area contributed by atoms with Crippen molar-refractivity contribution >= 4 is 23.9 Å². The largest absolute Gasteiger partial charge is 0.457 e. The summed E-state index contributed by atoms with van der Waals surface area (Å²) in [7, 11) is 0. The van der Waals surface area contributed by atoms with E-state index in [9.17, 15) is 9.59 Å². The van der Waals surface area contributed by atoms with Gasteiger partial charge in [-0.15, -0.1) is 0 Å². The fourth-order valence-corrected chi connectivity index (χ4v) is 1.99. The molecule has 1 heterocycles. The van der Waals surface area contributed by atoms with Gasteiger partial charge in [-0.25, -0.2) is 4.79 Å². The van der Waals surface area contributed by atoms with Crippen molar-refractivity contribution in [3.63, 3.8) is 0 Å². The Hall–Kier alpha value is -3.01. The van der Waals surface area contributed by atoms with Gasteiger partial charge in [-0.2, -0.15) is 0 Å². The lowest BCUT2D eigenvalue weighted by atomic mass is 10.1. The third-order valence-electron chi connectivity index (χ3n) is 3.13. The van der Waals surface area contributed by atoms with Gasteiger partial charge in [-0.1, -0.05) is 30.3 Å². The van der Waals surface area contributed by atoms with E-state index in [0.29, 0.717) is 5.56 Å². The van der Waals surface area contributed by atoms with E-state index in [1.807, 2.05) is 45.0 Å². The van der Waals surface area contributed by atoms with Gasteiger partial charge in [0.25, 0.3) is 0 Å². The molecule has 0 saturated carbocycles. The number of ketones is 1. The third kappa shape index (κ3) is 6.55. The Morgan fingerprint density at radius 3 is 2.08 bits per heavy atom. The second-order valence-electron chi connectivity index (χ2n) is 6.47. The van der Waals surface area contributed by atoms with Crippen LogP contribution >= 0.6 is 0 Å². The highest BCUT2D eigenvalue weighted by Gasteiger charge is 2.13. The maximum absolute atomic E-state index is 12.0. The predicted octanol–water partition coefficient (Wildman–Crippen LogP) is 4.33. The Labute approximate surface area is 147 Å². The van der Waals surface area contributed by atoms with E-state index in [-0.39, 0.29) is 11.8 Å². The van der Waals surface area contributed by atoms with Gasteiger partial charge in [0.2, 0.25) is 0 Å². The maximum Gasteiger partial charge on any atom is 0.331 e. The summed E-state index contributed by atoms with van der Waals surface area (Å²) in [6.07, 6.45) is 9.53. The van der Waals surface area contributed by atoms with Gasteiger partial charge in [-0.3, -0.25) is 9.78 Å². The highest BCUT2D eigenvalue weighted by Crippen LogP contribution is 2.11. The summed E-state index contributed by atoms with van der Waals surface area (Å²) in [5, 5.41) is 0. The molecule has 0 aliphatic carbocycles. The number of benzene rings is 1. The van der Waals surface area contributed by atoms with E-state index in [1.54, 1.807) is 30.5 Å². The molecule has 0 amide bonds. The Morgan fingerprint density at radius 1 is 0.960 bits per heavy atom. The zero-order chi connectivity index (χ0) is 18.3. The minimum absolute atomic E-state index is 0.0954. The minimum Gasteiger partial charge on any atom is -0.457 e. The molecule has 2 aromatic rings. The summed E-state index contributed by atoms with van der Waals surface area (Å²) in [4.78, 5) is 27.6. The predicted molar refractivity (Wildman–Crippen MR) is 98.9 cm³/mol. The number of hydrogen-bond donors (Lipinski definition) is 0. The lowest BCUT2D eigenvalue weighted by molar-refractivity contribution is -0.148. The van der Waals surface area contributed by atoms with Crippen LogP contribution in [0.3, 0.4) is 0 Å². The normalized spacial score (nSPS) is 11.8. The average molecular weight is 335 g/mol. The highest BCUT2D eigenvalue weighted by molar-refractivity contribution is 6.06. The number of pyridine rings is 1. The second-order valence-corrected chi connectivity index (χ2v) is 6.47. The molecule has 4 nitrogen and oxygen atoms in total. The van der Waals surface area contributed by atoms with Crippen LogP contribution < -0.4 is 0 Å². The van der Waals surface area contributed by atoms with Crippen LogP contribution in [0.2, 0.25) is 0 Å².